The Morgan fingerprint density at radius 1 is 1.19 bits per heavy atom. The molecule has 4 heteroatoms. The number of H-pyrrole nitrogens is 1. The van der Waals surface area contributed by atoms with E-state index in [-0.39, 0.29) is 0 Å². The van der Waals surface area contributed by atoms with Crippen molar-refractivity contribution in [2.75, 3.05) is 20.1 Å². The number of guanidine groups is 1. The zero-order chi connectivity index (χ0) is 15.1. The van der Waals surface area contributed by atoms with Crippen LogP contribution in [0.15, 0.2) is 29.3 Å². The number of nitrogens with one attached hydrogen (secondary N) is 3. The van der Waals surface area contributed by atoms with Gasteiger partial charge in [-0.15, -0.1) is 0 Å². The Bertz CT molecular complexity index is 598. The van der Waals surface area contributed by atoms with E-state index in [2.05, 4.69) is 58.7 Å². The second-order valence-corrected chi connectivity index (χ2v) is 5.30. The Kier molecular flexibility index (Phi) is 5.67. The number of benzene rings is 1. The predicted octanol–water partition coefficient (Wildman–Crippen LogP) is 2.98. The number of hydrogen-bond donors (Lipinski definition) is 3. The molecule has 1 aromatic heterocycles. The lowest BCUT2D eigenvalue weighted by Crippen LogP contribution is -2.38. The molecule has 0 saturated heterocycles. The smallest absolute Gasteiger partial charge is 0.190 e. The van der Waals surface area contributed by atoms with E-state index >= 15 is 0 Å². The summed E-state index contributed by atoms with van der Waals surface area (Å²) >= 11 is 0. The summed E-state index contributed by atoms with van der Waals surface area (Å²) in [4.78, 5) is 7.70. The zero-order valence-corrected chi connectivity index (χ0v) is 13.3. The van der Waals surface area contributed by atoms with Crippen molar-refractivity contribution in [1.29, 1.82) is 0 Å². The van der Waals surface area contributed by atoms with Crippen LogP contribution in [-0.4, -0.2) is 31.1 Å². The van der Waals surface area contributed by atoms with Gasteiger partial charge in [-0.2, -0.15) is 0 Å². The quantitative estimate of drug-likeness (QED) is 0.434. The van der Waals surface area contributed by atoms with Gasteiger partial charge in [-0.05, 0) is 31.4 Å². The van der Waals surface area contributed by atoms with Gasteiger partial charge in [0.15, 0.2) is 5.96 Å². The van der Waals surface area contributed by atoms with Gasteiger partial charge in [0.1, 0.15) is 0 Å². The maximum absolute atomic E-state index is 4.25. The molecule has 0 atom stereocenters. The summed E-state index contributed by atoms with van der Waals surface area (Å²) in [6.07, 6.45) is 3.35. The van der Waals surface area contributed by atoms with Crippen LogP contribution in [0, 0.1) is 6.92 Å². The van der Waals surface area contributed by atoms with Crippen molar-refractivity contribution in [1.82, 2.24) is 15.6 Å². The lowest BCUT2D eigenvalue weighted by Gasteiger charge is -2.11. The maximum Gasteiger partial charge on any atom is 0.190 e. The first kappa shape index (κ1) is 15.4. The molecule has 0 saturated carbocycles. The fourth-order valence-corrected chi connectivity index (χ4v) is 2.57. The molecule has 2 aromatic rings. The largest absolute Gasteiger partial charge is 0.358 e. The van der Waals surface area contributed by atoms with E-state index < -0.39 is 0 Å². The molecule has 0 unspecified atom stereocenters. The highest BCUT2D eigenvalue weighted by Gasteiger charge is 2.07. The molecule has 0 bridgehead atoms. The fraction of sp³-hybridized carbons (Fsp3) is 0.471. The van der Waals surface area contributed by atoms with Crippen LogP contribution >= 0.6 is 0 Å². The van der Waals surface area contributed by atoms with Crippen LogP contribution in [-0.2, 0) is 6.42 Å². The molecule has 0 spiro atoms. The standard InChI is InChI=1S/C17H26N4/c1-4-5-11-19-17(18-3)20-12-10-14-13(2)21-16-9-7-6-8-15(14)16/h6-9,21H,4-5,10-12H2,1-3H3,(H2,18,19,20). The summed E-state index contributed by atoms with van der Waals surface area (Å²) in [5.41, 5.74) is 3.87. The highest BCUT2D eigenvalue weighted by atomic mass is 15.2. The average Bonchev–Trinajstić information content (AvgIpc) is 2.82. The van der Waals surface area contributed by atoms with Crippen LogP contribution in [0.1, 0.15) is 31.0 Å². The van der Waals surface area contributed by atoms with Crippen molar-refractivity contribution in [2.24, 2.45) is 4.99 Å². The Morgan fingerprint density at radius 3 is 2.71 bits per heavy atom. The van der Waals surface area contributed by atoms with E-state index in [9.17, 15) is 0 Å². The van der Waals surface area contributed by atoms with Crippen LogP contribution in [0.2, 0.25) is 0 Å². The number of aromatic amines is 1. The fourth-order valence-electron chi connectivity index (χ4n) is 2.57. The van der Waals surface area contributed by atoms with E-state index in [1.54, 1.807) is 0 Å². The van der Waals surface area contributed by atoms with Gasteiger partial charge in [0.25, 0.3) is 0 Å². The predicted molar refractivity (Wildman–Crippen MR) is 91.0 cm³/mol. The molecule has 114 valence electrons. The van der Waals surface area contributed by atoms with Crippen LogP contribution in [0.5, 0.6) is 0 Å². The van der Waals surface area contributed by atoms with Crippen LogP contribution in [0.3, 0.4) is 0 Å². The normalized spacial score (nSPS) is 11.9. The Balaban J connectivity index is 1.91. The molecular formula is C17H26N4. The molecule has 2 rings (SSSR count). The monoisotopic (exact) mass is 286 g/mol. The third kappa shape index (κ3) is 4.00. The van der Waals surface area contributed by atoms with E-state index in [1.807, 2.05) is 7.05 Å². The van der Waals surface area contributed by atoms with Crippen LogP contribution < -0.4 is 10.6 Å². The number of para-hydroxylation sites is 1. The van der Waals surface area contributed by atoms with Gasteiger partial charge in [-0.3, -0.25) is 4.99 Å². The molecule has 4 nitrogen and oxygen atoms in total. The molecule has 0 fully saturated rings. The first-order valence-corrected chi connectivity index (χ1v) is 7.77. The van der Waals surface area contributed by atoms with Gasteiger partial charge >= 0.3 is 0 Å². The topological polar surface area (TPSA) is 52.2 Å². The van der Waals surface area contributed by atoms with Gasteiger partial charge < -0.3 is 15.6 Å². The van der Waals surface area contributed by atoms with E-state index in [0.29, 0.717) is 0 Å². The van der Waals surface area contributed by atoms with Crippen LogP contribution in [0.25, 0.3) is 10.9 Å². The number of unbranched alkanes of at least 4 members (excludes halogenated alkanes) is 1. The number of rotatable bonds is 6. The van der Waals surface area contributed by atoms with Crippen molar-refractivity contribution in [3.05, 3.63) is 35.5 Å². The lowest BCUT2D eigenvalue weighted by atomic mass is 10.1. The number of fused-ring (bicyclic) bond motifs is 1. The molecule has 0 radical (unpaired) electrons. The number of hydrogen-bond acceptors (Lipinski definition) is 1. The molecule has 0 amide bonds. The zero-order valence-electron chi connectivity index (χ0n) is 13.3. The third-order valence-electron chi connectivity index (χ3n) is 3.74. The molecule has 21 heavy (non-hydrogen) atoms. The Labute approximate surface area is 127 Å². The van der Waals surface area contributed by atoms with E-state index in [1.165, 1.54) is 35.0 Å². The van der Waals surface area contributed by atoms with Crippen LogP contribution in [0.4, 0.5) is 0 Å². The van der Waals surface area contributed by atoms with Gasteiger partial charge in [-0.25, -0.2) is 0 Å². The number of aryl methyl sites for hydroxylation is 1. The Hall–Kier alpha value is -1.97. The van der Waals surface area contributed by atoms with Gasteiger partial charge in [-0.1, -0.05) is 31.5 Å². The second kappa shape index (κ2) is 7.72. The van der Waals surface area contributed by atoms with Crippen molar-refractivity contribution in [3.8, 4) is 0 Å². The number of aromatic nitrogens is 1. The minimum Gasteiger partial charge on any atom is -0.358 e. The van der Waals surface area contributed by atoms with Gasteiger partial charge in [0.2, 0.25) is 0 Å². The summed E-state index contributed by atoms with van der Waals surface area (Å²) in [5.74, 6) is 0.890. The number of nitrogens with zero attached hydrogens (tertiary/aromatic N) is 1. The summed E-state index contributed by atoms with van der Waals surface area (Å²) < 4.78 is 0. The lowest BCUT2D eigenvalue weighted by molar-refractivity contribution is 0.726. The van der Waals surface area contributed by atoms with Crippen molar-refractivity contribution >= 4 is 16.9 Å². The summed E-state index contributed by atoms with van der Waals surface area (Å²) in [6.45, 7) is 6.19. The molecule has 1 heterocycles. The first-order valence-electron chi connectivity index (χ1n) is 7.77. The van der Waals surface area contributed by atoms with Gasteiger partial charge in [0.05, 0.1) is 0 Å². The molecule has 3 N–H and O–H groups in total. The third-order valence-corrected chi connectivity index (χ3v) is 3.74. The second-order valence-electron chi connectivity index (χ2n) is 5.30. The molecule has 1 aromatic carbocycles. The van der Waals surface area contributed by atoms with Crippen molar-refractivity contribution in [2.45, 2.75) is 33.1 Å². The highest BCUT2D eigenvalue weighted by molar-refractivity contribution is 5.84. The summed E-state index contributed by atoms with van der Waals surface area (Å²) in [5, 5.41) is 8.04. The Morgan fingerprint density at radius 2 is 1.95 bits per heavy atom. The van der Waals surface area contributed by atoms with E-state index in [0.717, 1.165) is 25.5 Å². The maximum atomic E-state index is 4.25. The van der Waals surface area contributed by atoms with E-state index in [4.69, 9.17) is 0 Å². The van der Waals surface area contributed by atoms with Gasteiger partial charge in [0, 0.05) is 36.7 Å². The molecule has 0 aliphatic carbocycles. The van der Waals surface area contributed by atoms with Crippen molar-refractivity contribution < 1.29 is 0 Å². The SMILES string of the molecule is CCCCNC(=NC)NCCc1c(C)[nH]c2ccccc12. The average molecular weight is 286 g/mol. The minimum absolute atomic E-state index is 0.883. The minimum atomic E-state index is 0.883. The van der Waals surface area contributed by atoms with Crippen molar-refractivity contribution in [3.63, 3.8) is 0 Å². The summed E-state index contributed by atoms with van der Waals surface area (Å²) in [6, 6.07) is 8.48. The molecular weight excluding hydrogens is 260 g/mol. The molecule has 0 aliphatic heterocycles. The number of aliphatic imine (C=N–C) groups is 1. The molecule has 0 aliphatic rings. The first-order chi connectivity index (χ1) is 10.3. The highest BCUT2D eigenvalue weighted by Crippen LogP contribution is 2.21. The summed E-state index contributed by atoms with van der Waals surface area (Å²) in [7, 11) is 1.82.